The zero-order valence-electron chi connectivity index (χ0n) is 9.87. The Bertz CT molecular complexity index is 505. The van der Waals surface area contributed by atoms with E-state index in [9.17, 15) is 19.0 Å². The Morgan fingerprint density at radius 1 is 1.21 bits per heavy atom. The first kappa shape index (κ1) is 13.6. The molecular formula is C12H13F2N3O2. The summed E-state index contributed by atoms with van der Waals surface area (Å²) in [5.74, 6) is -4.19. The number of alkyl halides is 2. The summed E-state index contributed by atoms with van der Waals surface area (Å²) in [6.45, 7) is 0. The van der Waals surface area contributed by atoms with Crippen LogP contribution in [0.2, 0.25) is 0 Å². The molecule has 0 saturated carbocycles. The molecule has 2 rings (SSSR count). The van der Waals surface area contributed by atoms with Gasteiger partial charge in [0, 0.05) is 6.42 Å². The van der Waals surface area contributed by atoms with Gasteiger partial charge in [0.25, 0.3) is 0 Å². The number of aliphatic hydroxyl groups is 2. The number of hydrogen-bond donors (Lipinski definition) is 3. The highest BCUT2D eigenvalue weighted by atomic mass is 19.3. The molecule has 0 amide bonds. The highest BCUT2D eigenvalue weighted by Crippen LogP contribution is 2.33. The number of nitrogens with one attached hydrogen (secondary N) is 1. The van der Waals surface area contributed by atoms with Crippen LogP contribution in [0.25, 0.3) is 0 Å². The third-order valence-corrected chi connectivity index (χ3v) is 2.76. The van der Waals surface area contributed by atoms with Crippen molar-refractivity contribution in [3.8, 4) is 0 Å². The van der Waals surface area contributed by atoms with Crippen molar-refractivity contribution in [2.24, 2.45) is 0 Å². The standard InChI is InChI=1S/C12H13F2N3O2/c13-12(14,10(19)11-15-7-16-17-11)9(18)6-8-4-2-1-3-5-8/h1-5,7,9-10,18-19H,6H2,(H,15,16,17)/t9-,10?/m1/s1. The van der Waals surface area contributed by atoms with Crippen LogP contribution in [0.4, 0.5) is 8.78 Å². The quantitative estimate of drug-likeness (QED) is 0.758. The number of aliphatic hydroxyl groups excluding tert-OH is 2. The Balaban J connectivity index is 2.10. The summed E-state index contributed by atoms with van der Waals surface area (Å²) in [7, 11) is 0. The molecule has 1 aromatic carbocycles. The van der Waals surface area contributed by atoms with Gasteiger partial charge in [-0.1, -0.05) is 30.3 Å². The van der Waals surface area contributed by atoms with Gasteiger partial charge < -0.3 is 10.2 Å². The summed E-state index contributed by atoms with van der Waals surface area (Å²) in [4.78, 5) is 3.46. The maximum absolute atomic E-state index is 13.9. The lowest BCUT2D eigenvalue weighted by Crippen LogP contribution is -2.41. The normalized spacial score (nSPS) is 15.2. The molecular weight excluding hydrogens is 256 g/mol. The van der Waals surface area contributed by atoms with Crippen LogP contribution in [-0.2, 0) is 6.42 Å². The fourth-order valence-corrected chi connectivity index (χ4v) is 1.68. The van der Waals surface area contributed by atoms with Gasteiger partial charge in [0.05, 0.1) is 0 Å². The van der Waals surface area contributed by atoms with Crippen molar-refractivity contribution in [2.45, 2.75) is 24.6 Å². The van der Waals surface area contributed by atoms with Crippen molar-refractivity contribution >= 4 is 0 Å². The van der Waals surface area contributed by atoms with Crippen LogP contribution < -0.4 is 0 Å². The van der Waals surface area contributed by atoms with E-state index < -0.39 is 24.0 Å². The lowest BCUT2D eigenvalue weighted by atomic mass is 9.99. The Morgan fingerprint density at radius 2 is 1.89 bits per heavy atom. The summed E-state index contributed by atoms with van der Waals surface area (Å²) >= 11 is 0. The van der Waals surface area contributed by atoms with Crippen molar-refractivity contribution in [3.63, 3.8) is 0 Å². The van der Waals surface area contributed by atoms with E-state index >= 15 is 0 Å². The average molecular weight is 269 g/mol. The molecule has 0 aliphatic carbocycles. The molecule has 0 aliphatic heterocycles. The lowest BCUT2D eigenvalue weighted by Gasteiger charge is -2.25. The molecule has 1 heterocycles. The van der Waals surface area contributed by atoms with E-state index in [2.05, 4.69) is 15.2 Å². The van der Waals surface area contributed by atoms with E-state index in [4.69, 9.17) is 0 Å². The van der Waals surface area contributed by atoms with E-state index in [1.807, 2.05) is 0 Å². The number of aromatic nitrogens is 3. The maximum atomic E-state index is 13.9. The Hall–Kier alpha value is -1.86. The fraction of sp³-hybridized carbons (Fsp3) is 0.333. The molecule has 0 radical (unpaired) electrons. The number of halogens is 2. The molecule has 0 fully saturated rings. The van der Waals surface area contributed by atoms with Gasteiger partial charge in [-0.25, -0.2) is 13.8 Å². The SMILES string of the molecule is OC(c1nc[nH]n1)C(F)(F)[C@H](O)Cc1ccccc1. The van der Waals surface area contributed by atoms with Crippen LogP contribution in [0.3, 0.4) is 0 Å². The molecule has 5 nitrogen and oxygen atoms in total. The topological polar surface area (TPSA) is 82.0 Å². The second-order valence-electron chi connectivity index (χ2n) is 4.14. The van der Waals surface area contributed by atoms with Crippen LogP contribution >= 0.6 is 0 Å². The number of hydrogen-bond acceptors (Lipinski definition) is 4. The molecule has 3 N–H and O–H groups in total. The number of nitrogens with zero attached hydrogens (tertiary/aromatic N) is 2. The molecule has 0 spiro atoms. The van der Waals surface area contributed by atoms with Gasteiger partial charge >= 0.3 is 5.92 Å². The third-order valence-electron chi connectivity index (χ3n) is 2.76. The van der Waals surface area contributed by atoms with Crippen molar-refractivity contribution in [1.82, 2.24) is 15.2 Å². The van der Waals surface area contributed by atoms with E-state index in [0.717, 1.165) is 6.33 Å². The first-order valence-corrected chi connectivity index (χ1v) is 5.65. The molecule has 0 aliphatic rings. The van der Waals surface area contributed by atoms with Crippen molar-refractivity contribution in [2.75, 3.05) is 0 Å². The second kappa shape index (κ2) is 5.41. The molecule has 0 bridgehead atoms. The smallest absolute Gasteiger partial charge is 0.306 e. The number of rotatable bonds is 5. The summed E-state index contributed by atoms with van der Waals surface area (Å²) in [6, 6.07) is 8.37. The third kappa shape index (κ3) is 2.94. The summed E-state index contributed by atoms with van der Waals surface area (Å²) in [5, 5.41) is 24.8. The molecule has 102 valence electrons. The zero-order valence-corrected chi connectivity index (χ0v) is 9.87. The van der Waals surface area contributed by atoms with Gasteiger partial charge in [-0.3, -0.25) is 5.10 Å². The predicted octanol–water partition coefficient (Wildman–Crippen LogP) is 1.08. The zero-order chi connectivity index (χ0) is 13.9. The molecule has 0 saturated heterocycles. The Morgan fingerprint density at radius 3 is 2.47 bits per heavy atom. The van der Waals surface area contributed by atoms with Crippen LogP contribution in [0.15, 0.2) is 36.7 Å². The summed E-state index contributed by atoms with van der Waals surface area (Å²) < 4.78 is 27.7. The molecule has 1 unspecified atom stereocenters. The predicted molar refractivity (Wildman–Crippen MR) is 62.4 cm³/mol. The number of benzene rings is 1. The fourth-order valence-electron chi connectivity index (χ4n) is 1.68. The Labute approximate surface area is 107 Å². The van der Waals surface area contributed by atoms with Crippen molar-refractivity contribution in [1.29, 1.82) is 0 Å². The molecule has 1 aromatic heterocycles. The first-order chi connectivity index (χ1) is 9.01. The highest BCUT2D eigenvalue weighted by molar-refractivity contribution is 5.16. The molecule has 2 atom stereocenters. The van der Waals surface area contributed by atoms with Gasteiger partial charge in [-0.05, 0) is 5.56 Å². The van der Waals surface area contributed by atoms with Gasteiger partial charge in [-0.15, -0.1) is 0 Å². The number of aromatic amines is 1. The van der Waals surface area contributed by atoms with Crippen LogP contribution in [-0.4, -0.2) is 37.4 Å². The van der Waals surface area contributed by atoms with Crippen molar-refractivity contribution in [3.05, 3.63) is 48.0 Å². The minimum Gasteiger partial charge on any atom is -0.386 e. The van der Waals surface area contributed by atoms with E-state index in [0.29, 0.717) is 5.56 Å². The van der Waals surface area contributed by atoms with Gasteiger partial charge in [0.15, 0.2) is 11.9 Å². The average Bonchev–Trinajstić information content (AvgIpc) is 2.92. The minimum atomic E-state index is -3.74. The van der Waals surface area contributed by atoms with Crippen LogP contribution in [0, 0.1) is 0 Å². The van der Waals surface area contributed by atoms with Crippen molar-refractivity contribution < 1.29 is 19.0 Å². The summed E-state index contributed by atoms with van der Waals surface area (Å²) in [5.41, 5.74) is 0.553. The van der Waals surface area contributed by atoms with Crippen LogP contribution in [0.5, 0.6) is 0 Å². The van der Waals surface area contributed by atoms with E-state index in [-0.39, 0.29) is 6.42 Å². The second-order valence-corrected chi connectivity index (χ2v) is 4.14. The minimum absolute atomic E-state index is 0.269. The van der Waals surface area contributed by atoms with Gasteiger partial charge in [-0.2, -0.15) is 5.10 Å². The maximum Gasteiger partial charge on any atom is 0.306 e. The number of H-pyrrole nitrogens is 1. The lowest BCUT2D eigenvalue weighted by molar-refractivity contribution is -0.180. The molecule has 7 heteroatoms. The van der Waals surface area contributed by atoms with Gasteiger partial charge in [0.2, 0.25) is 0 Å². The van der Waals surface area contributed by atoms with E-state index in [1.165, 1.54) is 0 Å². The Kier molecular flexibility index (Phi) is 3.87. The largest absolute Gasteiger partial charge is 0.386 e. The monoisotopic (exact) mass is 269 g/mol. The van der Waals surface area contributed by atoms with E-state index in [1.54, 1.807) is 30.3 Å². The molecule has 2 aromatic rings. The highest BCUT2D eigenvalue weighted by Gasteiger charge is 2.48. The summed E-state index contributed by atoms with van der Waals surface area (Å²) in [6.07, 6.45) is -3.46. The van der Waals surface area contributed by atoms with Gasteiger partial charge in [0.1, 0.15) is 12.4 Å². The first-order valence-electron chi connectivity index (χ1n) is 5.65. The van der Waals surface area contributed by atoms with Crippen LogP contribution in [0.1, 0.15) is 17.5 Å². The molecule has 19 heavy (non-hydrogen) atoms.